The van der Waals surface area contributed by atoms with Crippen LogP contribution in [-0.4, -0.2) is 0 Å². The van der Waals surface area contributed by atoms with Crippen LogP contribution >= 0.6 is 0 Å². The van der Waals surface area contributed by atoms with Crippen molar-refractivity contribution in [2.75, 3.05) is 0 Å². The van der Waals surface area contributed by atoms with E-state index >= 15 is 0 Å². The van der Waals surface area contributed by atoms with Crippen molar-refractivity contribution in [2.45, 2.75) is 12.8 Å². The molecular formula is C14H14. The van der Waals surface area contributed by atoms with Gasteiger partial charge in [0.25, 0.3) is 0 Å². The first-order valence-electron chi connectivity index (χ1n) is 5.05. The van der Waals surface area contributed by atoms with Gasteiger partial charge in [-0.05, 0) is 24.0 Å². The van der Waals surface area contributed by atoms with E-state index in [-0.39, 0.29) is 0 Å². The average Bonchev–Trinajstić information content (AvgIpc) is 2.18. The van der Waals surface area contributed by atoms with Gasteiger partial charge >= 0.3 is 0 Å². The predicted octanol–water partition coefficient (Wildman–Crippen LogP) is 3.98. The van der Waals surface area contributed by atoms with Crippen LogP contribution in [0.2, 0.25) is 0 Å². The van der Waals surface area contributed by atoms with Gasteiger partial charge in [-0.3, -0.25) is 0 Å². The summed E-state index contributed by atoms with van der Waals surface area (Å²) in [6.07, 6.45) is 13.2. The Hall–Kier alpha value is -1.56. The standard InChI is InChI=1S/C14H14/c1-2-5-9-13(10-6-3-1)14-11-7-4-8-12-14/h1-2,4-5,7-12H,3,6H2/b2-1-,9-5-,13-10-. The third kappa shape index (κ3) is 2.23. The van der Waals surface area contributed by atoms with E-state index in [0.29, 0.717) is 0 Å². The molecular weight excluding hydrogens is 168 g/mol. The zero-order chi connectivity index (χ0) is 9.64. The van der Waals surface area contributed by atoms with Crippen LogP contribution in [0, 0.1) is 0 Å². The second kappa shape index (κ2) is 4.61. The van der Waals surface area contributed by atoms with Crippen molar-refractivity contribution in [3.8, 4) is 0 Å². The second-order valence-electron chi connectivity index (χ2n) is 3.39. The number of allylic oxidation sites excluding steroid dienone is 6. The van der Waals surface area contributed by atoms with Crippen molar-refractivity contribution in [3.05, 3.63) is 66.3 Å². The van der Waals surface area contributed by atoms with Crippen molar-refractivity contribution < 1.29 is 0 Å². The molecule has 0 spiro atoms. The largest absolute Gasteiger partial charge is 0.0842 e. The SMILES string of the molecule is C1=C/CC/C=C(c2ccccc2)/C=C\1. The topological polar surface area (TPSA) is 0 Å². The third-order valence-electron chi connectivity index (χ3n) is 2.33. The van der Waals surface area contributed by atoms with Gasteiger partial charge in [0, 0.05) is 0 Å². The summed E-state index contributed by atoms with van der Waals surface area (Å²) in [6, 6.07) is 10.5. The highest BCUT2D eigenvalue weighted by Crippen LogP contribution is 2.18. The van der Waals surface area contributed by atoms with Gasteiger partial charge in [-0.15, -0.1) is 0 Å². The Morgan fingerprint density at radius 1 is 0.857 bits per heavy atom. The third-order valence-corrected chi connectivity index (χ3v) is 2.33. The fourth-order valence-electron chi connectivity index (χ4n) is 1.58. The monoisotopic (exact) mass is 182 g/mol. The van der Waals surface area contributed by atoms with Gasteiger partial charge in [0.05, 0.1) is 0 Å². The van der Waals surface area contributed by atoms with Gasteiger partial charge in [0.1, 0.15) is 0 Å². The molecule has 70 valence electrons. The zero-order valence-corrected chi connectivity index (χ0v) is 8.19. The van der Waals surface area contributed by atoms with Crippen molar-refractivity contribution in [1.29, 1.82) is 0 Å². The highest BCUT2D eigenvalue weighted by atomic mass is 14.0. The minimum Gasteiger partial charge on any atom is -0.0842 e. The summed E-state index contributed by atoms with van der Waals surface area (Å²) < 4.78 is 0. The van der Waals surface area contributed by atoms with Crippen molar-refractivity contribution >= 4 is 5.57 Å². The van der Waals surface area contributed by atoms with E-state index < -0.39 is 0 Å². The van der Waals surface area contributed by atoms with E-state index in [1.807, 2.05) is 0 Å². The van der Waals surface area contributed by atoms with Crippen LogP contribution in [0.25, 0.3) is 5.57 Å². The van der Waals surface area contributed by atoms with E-state index in [0.717, 1.165) is 12.8 Å². The molecule has 1 aromatic rings. The summed E-state index contributed by atoms with van der Waals surface area (Å²) in [5.74, 6) is 0. The fourth-order valence-corrected chi connectivity index (χ4v) is 1.58. The first-order chi connectivity index (χ1) is 6.97. The Kier molecular flexibility index (Phi) is 2.97. The number of hydrogen-bond donors (Lipinski definition) is 0. The molecule has 1 aromatic carbocycles. The van der Waals surface area contributed by atoms with Gasteiger partial charge in [-0.2, -0.15) is 0 Å². The maximum atomic E-state index is 2.30. The van der Waals surface area contributed by atoms with E-state index in [4.69, 9.17) is 0 Å². The lowest BCUT2D eigenvalue weighted by Gasteiger charge is -2.03. The summed E-state index contributed by atoms with van der Waals surface area (Å²) in [6.45, 7) is 0. The molecule has 0 radical (unpaired) electrons. The molecule has 0 saturated carbocycles. The molecule has 0 heteroatoms. The van der Waals surface area contributed by atoms with Crippen LogP contribution in [0.4, 0.5) is 0 Å². The van der Waals surface area contributed by atoms with Crippen molar-refractivity contribution in [2.24, 2.45) is 0 Å². The quantitative estimate of drug-likeness (QED) is 0.616. The number of rotatable bonds is 1. The second-order valence-corrected chi connectivity index (χ2v) is 3.39. The van der Waals surface area contributed by atoms with Crippen LogP contribution in [0.3, 0.4) is 0 Å². The van der Waals surface area contributed by atoms with Crippen LogP contribution in [-0.2, 0) is 0 Å². The van der Waals surface area contributed by atoms with Gasteiger partial charge in [0.15, 0.2) is 0 Å². The van der Waals surface area contributed by atoms with Crippen LogP contribution in [0.1, 0.15) is 18.4 Å². The van der Waals surface area contributed by atoms with Crippen LogP contribution in [0.15, 0.2) is 60.7 Å². The maximum Gasteiger partial charge on any atom is -0.0187 e. The summed E-state index contributed by atoms with van der Waals surface area (Å²) in [5, 5.41) is 0. The number of hydrogen-bond acceptors (Lipinski definition) is 0. The Bertz CT molecular complexity index is 366. The lowest BCUT2D eigenvalue weighted by molar-refractivity contribution is 1.05. The van der Waals surface area contributed by atoms with Crippen LogP contribution in [0.5, 0.6) is 0 Å². The van der Waals surface area contributed by atoms with Gasteiger partial charge in [-0.1, -0.05) is 60.7 Å². The molecule has 0 bridgehead atoms. The molecule has 0 amide bonds. The highest BCUT2D eigenvalue weighted by molar-refractivity contribution is 5.74. The molecule has 0 atom stereocenters. The lowest BCUT2D eigenvalue weighted by Crippen LogP contribution is -1.81. The summed E-state index contributed by atoms with van der Waals surface area (Å²) >= 11 is 0. The summed E-state index contributed by atoms with van der Waals surface area (Å²) in [7, 11) is 0. The zero-order valence-electron chi connectivity index (χ0n) is 8.19. The normalized spacial score (nSPS) is 24.1. The minimum atomic E-state index is 1.13. The van der Waals surface area contributed by atoms with E-state index in [1.165, 1.54) is 11.1 Å². The molecule has 0 fully saturated rings. The van der Waals surface area contributed by atoms with Gasteiger partial charge < -0.3 is 0 Å². The van der Waals surface area contributed by atoms with E-state index in [9.17, 15) is 0 Å². The first-order valence-corrected chi connectivity index (χ1v) is 5.05. The Morgan fingerprint density at radius 3 is 2.57 bits per heavy atom. The molecule has 1 aliphatic carbocycles. The summed E-state index contributed by atoms with van der Waals surface area (Å²) in [4.78, 5) is 0. The molecule has 0 saturated heterocycles. The smallest absolute Gasteiger partial charge is 0.0187 e. The molecule has 0 N–H and O–H groups in total. The lowest BCUT2D eigenvalue weighted by atomic mass is 10.0. The maximum absolute atomic E-state index is 2.30. The first kappa shape index (κ1) is 9.01. The fraction of sp³-hybridized carbons (Fsp3) is 0.143. The molecule has 0 heterocycles. The Morgan fingerprint density at radius 2 is 1.71 bits per heavy atom. The van der Waals surface area contributed by atoms with Crippen LogP contribution < -0.4 is 0 Å². The van der Waals surface area contributed by atoms with Gasteiger partial charge in [-0.25, -0.2) is 0 Å². The van der Waals surface area contributed by atoms with Crippen molar-refractivity contribution in [3.63, 3.8) is 0 Å². The predicted molar refractivity (Wildman–Crippen MR) is 61.9 cm³/mol. The molecule has 0 aromatic heterocycles. The molecule has 0 aliphatic heterocycles. The molecule has 14 heavy (non-hydrogen) atoms. The van der Waals surface area contributed by atoms with E-state index in [1.54, 1.807) is 0 Å². The Balaban J connectivity index is 2.29. The molecule has 2 rings (SSSR count). The van der Waals surface area contributed by atoms with Gasteiger partial charge in [0.2, 0.25) is 0 Å². The minimum absolute atomic E-state index is 1.13. The molecule has 0 unspecified atom stereocenters. The Labute approximate surface area is 85.3 Å². The molecule has 0 nitrogen and oxygen atoms in total. The van der Waals surface area contributed by atoms with E-state index in [2.05, 4.69) is 60.7 Å². The highest BCUT2D eigenvalue weighted by Gasteiger charge is 1.96. The number of benzene rings is 1. The molecule has 1 aliphatic rings. The average molecular weight is 182 g/mol. The van der Waals surface area contributed by atoms with Crippen molar-refractivity contribution in [1.82, 2.24) is 0 Å². The summed E-state index contributed by atoms with van der Waals surface area (Å²) in [5.41, 5.74) is 2.63.